The summed E-state index contributed by atoms with van der Waals surface area (Å²) in [7, 11) is 1.58. The standard InChI is InChI=1S/C35H29FN2O3/c1-37-34(40)32-28-18-23(10-14-30(28)41-33(32)22-7-11-25(36)12-8-22)27-19-24(9-13-26(27)21-5-6-21)29(39)20-35(15-16-35)31-4-2-3-17-38-31/h2-4,7-14,17-19,21H,5-6,15-16,20H2,1H3,(H,37,40). The van der Waals surface area contributed by atoms with Crippen LogP contribution in [-0.4, -0.2) is 23.7 Å². The van der Waals surface area contributed by atoms with Crippen LogP contribution in [0.1, 0.15) is 70.0 Å². The molecule has 0 radical (unpaired) electrons. The molecule has 6 heteroatoms. The van der Waals surface area contributed by atoms with Crippen molar-refractivity contribution in [2.45, 2.75) is 43.4 Å². The van der Waals surface area contributed by atoms with E-state index < -0.39 is 0 Å². The molecule has 1 N–H and O–H groups in total. The van der Waals surface area contributed by atoms with Crippen molar-refractivity contribution < 1.29 is 18.4 Å². The van der Waals surface area contributed by atoms with Gasteiger partial charge in [0.15, 0.2) is 5.78 Å². The molecule has 2 aliphatic carbocycles. The van der Waals surface area contributed by atoms with Crippen LogP contribution in [-0.2, 0) is 5.41 Å². The number of hydrogen-bond donors (Lipinski definition) is 1. The van der Waals surface area contributed by atoms with Crippen LogP contribution in [0.3, 0.4) is 0 Å². The van der Waals surface area contributed by atoms with E-state index in [0.717, 1.165) is 42.5 Å². The fourth-order valence-corrected chi connectivity index (χ4v) is 5.91. The molecule has 0 atom stereocenters. The van der Waals surface area contributed by atoms with Gasteiger partial charge in [0.05, 0.1) is 5.56 Å². The number of halogens is 1. The smallest absolute Gasteiger partial charge is 0.255 e. The van der Waals surface area contributed by atoms with E-state index in [-0.39, 0.29) is 22.9 Å². The summed E-state index contributed by atoms with van der Waals surface area (Å²) >= 11 is 0. The zero-order chi connectivity index (χ0) is 28.1. The number of pyridine rings is 1. The lowest BCUT2D eigenvalue weighted by atomic mass is 9.88. The summed E-state index contributed by atoms with van der Waals surface area (Å²) in [5.41, 5.74) is 6.27. The van der Waals surface area contributed by atoms with E-state index in [1.54, 1.807) is 25.4 Å². The maximum absolute atomic E-state index is 13.6. The average Bonchev–Trinajstić information content (AvgIpc) is 3.95. The van der Waals surface area contributed by atoms with Crippen molar-refractivity contribution in [2.24, 2.45) is 0 Å². The second kappa shape index (κ2) is 9.81. The number of amides is 1. The lowest BCUT2D eigenvalue weighted by molar-refractivity contribution is 0.0958. The van der Waals surface area contributed by atoms with E-state index in [0.29, 0.717) is 45.8 Å². The summed E-state index contributed by atoms with van der Waals surface area (Å²) in [6.07, 6.45) is 6.42. The van der Waals surface area contributed by atoms with Gasteiger partial charge in [0.2, 0.25) is 0 Å². The lowest BCUT2D eigenvalue weighted by Gasteiger charge is -2.15. The third kappa shape index (κ3) is 4.63. The van der Waals surface area contributed by atoms with Crippen LogP contribution in [0.5, 0.6) is 0 Å². The first-order valence-corrected chi connectivity index (χ1v) is 14.1. The molecule has 7 rings (SSSR count). The number of Topliss-reactive ketones (excluding diaryl/α,β-unsaturated/α-hetero) is 1. The Labute approximate surface area is 237 Å². The molecule has 2 aromatic heterocycles. The van der Waals surface area contributed by atoms with Crippen LogP contribution >= 0.6 is 0 Å². The molecule has 2 saturated carbocycles. The van der Waals surface area contributed by atoms with Crippen molar-refractivity contribution in [3.8, 4) is 22.5 Å². The quantitative estimate of drug-likeness (QED) is 0.202. The van der Waals surface area contributed by atoms with E-state index >= 15 is 0 Å². The Kier molecular flexibility index (Phi) is 6.07. The SMILES string of the molecule is CNC(=O)c1c(-c2ccc(F)cc2)oc2ccc(-c3cc(C(=O)CC4(c5ccccn5)CC4)ccc3C3CC3)cc12. The predicted octanol–water partition coefficient (Wildman–Crippen LogP) is 7.84. The van der Waals surface area contributed by atoms with Crippen LogP contribution in [0.2, 0.25) is 0 Å². The zero-order valence-corrected chi connectivity index (χ0v) is 22.7. The van der Waals surface area contributed by atoms with E-state index in [1.165, 1.54) is 17.7 Å². The molecular weight excluding hydrogens is 515 g/mol. The van der Waals surface area contributed by atoms with E-state index in [9.17, 15) is 14.0 Å². The highest BCUT2D eigenvalue weighted by Crippen LogP contribution is 2.51. The molecule has 41 heavy (non-hydrogen) atoms. The van der Waals surface area contributed by atoms with Crippen LogP contribution < -0.4 is 5.32 Å². The van der Waals surface area contributed by atoms with Gasteiger partial charge >= 0.3 is 0 Å². The molecule has 0 aliphatic heterocycles. The van der Waals surface area contributed by atoms with Gasteiger partial charge in [0.1, 0.15) is 17.2 Å². The number of benzene rings is 3. The van der Waals surface area contributed by atoms with Gasteiger partial charge in [-0.1, -0.05) is 24.3 Å². The van der Waals surface area contributed by atoms with Gasteiger partial charge in [0.25, 0.3) is 5.91 Å². The van der Waals surface area contributed by atoms with Gasteiger partial charge in [-0.05, 0) is 103 Å². The molecule has 0 bridgehead atoms. The minimum Gasteiger partial charge on any atom is -0.455 e. The normalized spacial score (nSPS) is 15.6. The predicted molar refractivity (Wildman–Crippen MR) is 157 cm³/mol. The molecule has 5 aromatic rings. The van der Waals surface area contributed by atoms with Gasteiger partial charge in [-0.2, -0.15) is 0 Å². The number of fused-ring (bicyclic) bond motifs is 1. The van der Waals surface area contributed by atoms with Crippen LogP contribution in [0, 0.1) is 5.82 Å². The number of ketones is 1. The number of aromatic nitrogens is 1. The van der Waals surface area contributed by atoms with Crippen LogP contribution in [0.4, 0.5) is 4.39 Å². The topological polar surface area (TPSA) is 72.2 Å². The van der Waals surface area contributed by atoms with Crippen molar-refractivity contribution in [2.75, 3.05) is 7.05 Å². The van der Waals surface area contributed by atoms with Crippen molar-refractivity contribution in [3.05, 3.63) is 113 Å². The Morgan fingerprint density at radius 3 is 2.44 bits per heavy atom. The van der Waals surface area contributed by atoms with E-state index in [4.69, 9.17) is 4.42 Å². The fraction of sp³-hybridized carbons (Fsp3) is 0.229. The second-order valence-corrected chi connectivity index (χ2v) is 11.3. The van der Waals surface area contributed by atoms with E-state index in [2.05, 4.69) is 16.4 Å². The van der Waals surface area contributed by atoms with Gasteiger partial charge < -0.3 is 9.73 Å². The highest BCUT2D eigenvalue weighted by molar-refractivity contribution is 6.12. The monoisotopic (exact) mass is 544 g/mol. The summed E-state index contributed by atoms with van der Waals surface area (Å²) in [5.74, 6) is 0.336. The summed E-state index contributed by atoms with van der Waals surface area (Å²) in [5, 5.41) is 3.40. The summed E-state index contributed by atoms with van der Waals surface area (Å²) in [4.78, 5) is 31.2. The number of nitrogens with one attached hydrogen (secondary N) is 1. The molecule has 204 valence electrons. The van der Waals surface area contributed by atoms with Crippen LogP contribution in [0.15, 0.2) is 89.5 Å². The number of carbonyl (C=O) groups excluding carboxylic acids is 2. The Balaban J connectivity index is 1.30. The minimum atomic E-state index is -0.358. The van der Waals surface area contributed by atoms with Crippen molar-refractivity contribution in [3.63, 3.8) is 0 Å². The molecule has 0 unspecified atom stereocenters. The molecule has 1 amide bonds. The maximum atomic E-state index is 13.6. The van der Waals surface area contributed by atoms with Gasteiger partial charge in [-0.3, -0.25) is 14.6 Å². The molecule has 2 fully saturated rings. The third-order valence-corrected chi connectivity index (χ3v) is 8.51. The molecule has 0 saturated heterocycles. The highest BCUT2D eigenvalue weighted by atomic mass is 19.1. The van der Waals surface area contributed by atoms with Gasteiger partial charge in [-0.15, -0.1) is 0 Å². The largest absolute Gasteiger partial charge is 0.455 e. The number of rotatable bonds is 8. The van der Waals surface area contributed by atoms with Gasteiger partial charge in [0, 0.05) is 47.3 Å². The van der Waals surface area contributed by atoms with E-state index in [1.807, 2.05) is 48.5 Å². The zero-order valence-electron chi connectivity index (χ0n) is 22.7. The molecule has 0 spiro atoms. The second-order valence-electron chi connectivity index (χ2n) is 11.3. The molecule has 5 nitrogen and oxygen atoms in total. The van der Waals surface area contributed by atoms with Crippen molar-refractivity contribution >= 4 is 22.7 Å². The Bertz CT molecular complexity index is 1800. The third-order valence-electron chi connectivity index (χ3n) is 8.51. The van der Waals surface area contributed by atoms with Crippen molar-refractivity contribution in [1.29, 1.82) is 0 Å². The van der Waals surface area contributed by atoms with Crippen LogP contribution in [0.25, 0.3) is 33.4 Å². The Morgan fingerprint density at radius 2 is 1.76 bits per heavy atom. The molecule has 2 heterocycles. The first-order chi connectivity index (χ1) is 20.0. The first kappa shape index (κ1) is 25.4. The number of carbonyl (C=O) groups is 2. The number of furan rings is 1. The molecule has 2 aliphatic rings. The molecular formula is C35H29FN2O3. The summed E-state index contributed by atoms with van der Waals surface area (Å²) in [6, 6.07) is 23.7. The van der Waals surface area contributed by atoms with Gasteiger partial charge in [-0.25, -0.2) is 4.39 Å². The number of nitrogens with zero attached hydrogens (tertiary/aromatic N) is 1. The summed E-state index contributed by atoms with van der Waals surface area (Å²) in [6.45, 7) is 0. The first-order valence-electron chi connectivity index (χ1n) is 14.1. The fourth-order valence-electron chi connectivity index (χ4n) is 5.91. The average molecular weight is 545 g/mol. The highest BCUT2D eigenvalue weighted by Gasteiger charge is 2.47. The lowest BCUT2D eigenvalue weighted by Crippen LogP contribution is -2.18. The number of hydrogen-bond acceptors (Lipinski definition) is 4. The molecule has 3 aromatic carbocycles. The summed E-state index contributed by atoms with van der Waals surface area (Å²) < 4.78 is 19.8. The Hall–Kier alpha value is -4.58. The minimum absolute atomic E-state index is 0.116. The Morgan fingerprint density at radius 1 is 0.976 bits per heavy atom. The maximum Gasteiger partial charge on any atom is 0.255 e. The van der Waals surface area contributed by atoms with Crippen molar-refractivity contribution in [1.82, 2.24) is 10.3 Å².